The second-order valence-corrected chi connectivity index (χ2v) is 5.73. The Morgan fingerprint density at radius 1 is 1.32 bits per heavy atom. The molecule has 19 heavy (non-hydrogen) atoms. The summed E-state index contributed by atoms with van der Waals surface area (Å²) in [4.78, 5) is 16.3. The number of hydrogen-bond acceptors (Lipinski definition) is 4. The molecule has 4 nitrogen and oxygen atoms in total. The third kappa shape index (κ3) is 4.05. The molecular formula is C13H12BrN3OS. The van der Waals surface area contributed by atoms with E-state index < -0.39 is 0 Å². The number of pyridine rings is 1. The van der Waals surface area contributed by atoms with Crippen molar-refractivity contribution in [3.05, 3.63) is 58.3 Å². The van der Waals surface area contributed by atoms with Gasteiger partial charge < -0.3 is 0 Å². The van der Waals surface area contributed by atoms with Crippen LogP contribution in [-0.4, -0.2) is 10.9 Å². The third-order valence-electron chi connectivity index (χ3n) is 2.41. The number of thioether (sulfide) groups is 1. The molecule has 0 radical (unpaired) electrons. The first-order valence-corrected chi connectivity index (χ1v) is 7.31. The monoisotopic (exact) mass is 337 g/mol. The summed E-state index contributed by atoms with van der Waals surface area (Å²) in [5.41, 5.74) is 3.61. The average molecular weight is 338 g/mol. The van der Waals surface area contributed by atoms with E-state index in [9.17, 15) is 4.79 Å². The van der Waals surface area contributed by atoms with E-state index in [-0.39, 0.29) is 5.91 Å². The lowest BCUT2D eigenvalue weighted by Crippen LogP contribution is -2.30. The van der Waals surface area contributed by atoms with Gasteiger partial charge >= 0.3 is 0 Å². The van der Waals surface area contributed by atoms with Crippen LogP contribution in [0.4, 0.5) is 0 Å². The Balaban J connectivity index is 2.03. The van der Waals surface area contributed by atoms with Gasteiger partial charge in [0, 0.05) is 21.3 Å². The fraction of sp³-hybridized carbons (Fsp3) is 0.0769. The van der Waals surface area contributed by atoms with Crippen LogP contribution in [0.1, 0.15) is 16.1 Å². The van der Waals surface area contributed by atoms with E-state index in [0.717, 1.165) is 15.1 Å². The van der Waals surface area contributed by atoms with Crippen molar-refractivity contribution < 1.29 is 4.79 Å². The van der Waals surface area contributed by atoms with Crippen molar-refractivity contribution in [1.82, 2.24) is 10.4 Å². The summed E-state index contributed by atoms with van der Waals surface area (Å²) in [5.74, 6) is 5.53. The molecule has 0 bridgehead atoms. The number of rotatable bonds is 4. The van der Waals surface area contributed by atoms with E-state index in [2.05, 4.69) is 38.5 Å². The number of hydrazine groups is 1. The van der Waals surface area contributed by atoms with Crippen molar-refractivity contribution in [2.24, 2.45) is 5.84 Å². The van der Waals surface area contributed by atoms with Gasteiger partial charge in [-0.2, -0.15) is 0 Å². The second kappa shape index (κ2) is 6.70. The molecule has 0 aliphatic heterocycles. The SMILES string of the molecule is NNC(=O)c1cc(SCc2ccc(Br)cc2)ccn1. The molecular weight excluding hydrogens is 326 g/mol. The first-order chi connectivity index (χ1) is 9.19. The highest BCUT2D eigenvalue weighted by molar-refractivity contribution is 9.10. The summed E-state index contributed by atoms with van der Waals surface area (Å²) in [6.07, 6.45) is 1.61. The number of halogens is 1. The van der Waals surface area contributed by atoms with Crippen LogP contribution in [0, 0.1) is 0 Å². The van der Waals surface area contributed by atoms with E-state index in [1.54, 1.807) is 24.0 Å². The van der Waals surface area contributed by atoms with E-state index in [1.807, 2.05) is 18.2 Å². The number of hydrogen-bond donors (Lipinski definition) is 2. The summed E-state index contributed by atoms with van der Waals surface area (Å²) in [7, 11) is 0. The van der Waals surface area contributed by atoms with Crippen LogP contribution in [-0.2, 0) is 5.75 Å². The van der Waals surface area contributed by atoms with Crippen molar-refractivity contribution in [3.63, 3.8) is 0 Å². The lowest BCUT2D eigenvalue weighted by molar-refractivity contribution is 0.0948. The molecule has 1 heterocycles. The van der Waals surface area contributed by atoms with Crippen molar-refractivity contribution in [2.75, 3.05) is 0 Å². The molecule has 3 N–H and O–H groups in total. The first-order valence-electron chi connectivity index (χ1n) is 5.53. The summed E-state index contributed by atoms with van der Waals surface area (Å²) in [6, 6.07) is 11.7. The first kappa shape index (κ1) is 14.0. The van der Waals surface area contributed by atoms with Crippen LogP contribution in [0.15, 0.2) is 52.0 Å². The van der Waals surface area contributed by atoms with Gasteiger partial charge in [-0.15, -0.1) is 11.8 Å². The highest BCUT2D eigenvalue weighted by atomic mass is 79.9. The molecule has 0 saturated heterocycles. The molecule has 0 aliphatic rings. The Morgan fingerprint density at radius 3 is 2.74 bits per heavy atom. The maximum Gasteiger partial charge on any atom is 0.283 e. The Bertz CT molecular complexity index is 574. The Morgan fingerprint density at radius 2 is 2.05 bits per heavy atom. The highest BCUT2D eigenvalue weighted by Gasteiger charge is 2.06. The van der Waals surface area contributed by atoms with Gasteiger partial charge in [-0.25, -0.2) is 5.84 Å². The number of nitrogens with zero attached hydrogens (tertiary/aromatic N) is 1. The lowest BCUT2D eigenvalue weighted by atomic mass is 10.2. The molecule has 98 valence electrons. The standard InChI is InChI=1S/C13H12BrN3OS/c14-10-3-1-9(2-4-10)8-19-11-5-6-16-12(7-11)13(18)17-15/h1-7H,8,15H2,(H,17,18). The molecule has 6 heteroatoms. The van der Waals surface area contributed by atoms with Crippen LogP contribution < -0.4 is 11.3 Å². The van der Waals surface area contributed by atoms with Crippen molar-refractivity contribution in [1.29, 1.82) is 0 Å². The van der Waals surface area contributed by atoms with Gasteiger partial charge in [0.2, 0.25) is 0 Å². The molecule has 0 unspecified atom stereocenters. The third-order valence-corrected chi connectivity index (χ3v) is 4.01. The molecule has 1 aromatic carbocycles. The molecule has 0 spiro atoms. The number of nitrogen functional groups attached to an aromatic ring is 1. The number of carbonyl (C=O) groups is 1. The van der Waals surface area contributed by atoms with Gasteiger partial charge in [-0.05, 0) is 29.8 Å². The Hall–Kier alpha value is -1.37. The van der Waals surface area contributed by atoms with Crippen LogP contribution in [0.25, 0.3) is 0 Å². The van der Waals surface area contributed by atoms with E-state index in [1.165, 1.54) is 5.56 Å². The fourth-order valence-electron chi connectivity index (χ4n) is 1.45. The predicted octanol–water partition coefficient (Wildman–Crippen LogP) is 2.74. The van der Waals surface area contributed by atoms with E-state index in [4.69, 9.17) is 5.84 Å². The molecule has 2 rings (SSSR count). The maximum absolute atomic E-state index is 11.4. The Kier molecular flexibility index (Phi) is 4.95. The Labute approximate surface area is 123 Å². The molecule has 0 atom stereocenters. The fourth-order valence-corrected chi connectivity index (χ4v) is 2.59. The maximum atomic E-state index is 11.4. The zero-order valence-corrected chi connectivity index (χ0v) is 12.4. The largest absolute Gasteiger partial charge is 0.289 e. The van der Waals surface area contributed by atoms with Crippen molar-refractivity contribution in [2.45, 2.75) is 10.6 Å². The molecule has 1 aromatic heterocycles. The molecule has 0 fully saturated rings. The van der Waals surface area contributed by atoms with E-state index in [0.29, 0.717) is 5.69 Å². The van der Waals surface area contributed by atoms with Crippen LogP contribution in [0.3, 0.4) is 0 Å². The summed E-state index contributed by atoms with van der Waals surface area (Å²) >= 11 is 5.05. The number of nitrogens with two attached hydrogens (primary N) is 1. The molecule has 2 aromatic rings. The number of benzene rings is 1. The van der Waals surface area contributed by atoms with Gasteiger partial charge in [0.05, 0.1) is 0 Å². The van der Waals surface area contributed by atoms with Crippen LogP contribution >= 0.6 is 27.7 Å². The smallest absolute Gasteiger partial charge is 0.283 e. The van der Waals surface area contributed by atoms with Gasteiger partial charge in [0.25, 0.3) is 5.91 Å². The summed E-state index contributed by atoms with van der Waals surface area (Å²) in [5, 5.41) is 0. The molecule has 0 saturated carbocycles. The predicted molar refractivity (Wildman–Crippen MR) is 79.6 cm³/mol. The van der Waals surface area contributed by atoms with Crippen LogP contribution in [0.5, 0.6) is 0 Å². The number of nitrogens with one attached hydrogen (secondary N) is 1. The quantitative estimate of drug-likeness (QED) is 0.389. The second-order valence-electron chi connectivity index (χ2n) is 3.77. The van der Waals surface area contributed by atoms with Gasteiger partial charge in [-0.1, -0.05) is 28.1 Å². The van der Waals surface area contributed by atoms with Crippen LogP contribution in [0.2, 0.25) is 0 Å². The summed E-state index contributed by atoms with van der Waals surface area (Å²) in [6.45, 7) is 0. The van der Waals surface area contributed by atoms with Gasteiger partial charge in [-0.3, -0.25) is 15.2 Å². The topological polar surface area (TPSA) is 68.0 Å². The van der Waals surface area contributed by atoms with Crippen molar-refractivity contribution >= 4 is 33.6 Å². The zero-order chi connectivity index (χ0) is 13.7. The minimum absolute atomic E-state index is 0.323. The number of amides is 1. The average Bonchev–Trinajstić information content (AvgIpc) is 2.46. The van der Waals surface area contributed by atoms with Gasteiger partial charge in [0.15, 0.2) is 0 Å². The molecule has 0 aliphatic carbocycles. The minimum Gasteiger partial charge on any atom is -0.289 e. The summed E-state index contributed by atoms with van der Waals surface area (Å²) < 4.78 is 1.06. The molecule has 1 amide bonds. The number of carbonyl (C=O) groups excluding carboxylic acids is 1. The number of aromatic nitrogens is 1. The minimum atomic E-state index is -0.383. The van der Waals surface area contributed by atoms with Gasteiger partial charge in [0.1, 0.15) is 5.69 Å². The normalized spacial score (nSPS) is 10.2. The van der Waals surface area contributed by atoms with E-state index >= 15 is 0 Å². The van der Waals surface area contributed by atoms with Crippen molar-refractivity contribution in [3.8, 4) is 0 Å². The lowest BCUT2D eigenvalue weighted by Gasteiger charge is -2.04. The highest BCUT2D eigenvalue weighted by Crippen LogP contribution is 2.23. The zero-order valence-electron chi connectivity index (χ0n) is 9.97.